The highest BCUT2D eigenvalue weighted by Crippen LogP contribution is 2.28. The van der Waals surface area contributed by atoms with Crippen LogP contribution in [-0.4, -0.2) is 13.7 Å². The number of fused-ring (bicyclic) bond motifs is 1. The third kappa shape index (κ3) is 3.22. The fourth-order valence-corrected chi connectivity index (χ4v) is 3.23. The lowest BCUT2D eigenvalue weighted by Crippen LogP contribution is -2.15. The minimum atomic E-state index is 0.311. The van der Waals surface area contributed by atoms with Crippen molar-refractivity contribution in [2.24, 2.45) is 5.73 Å². The average Bonchev–Trinajstić information content (AvgIpc) is 2.59. The lowest BCUT2D eigenvalue weighted by molar-refractivity contribution is 0.411. The molecule has 0 bridgehead atoms. The monoisotopic (exact) mass is 305 g/mol. The summed E-state index contributed by atoms with van der Waals surface area (Å²) in [4.78, 5) is 0. The molecule has 2 nitrogen and oxygen atoms in total. The van der Waals surface area contributed by atoms with Crippen LogP contribution in [0.2, 0.25) is 0 Å². The minimum Gasteiger partial charge on any atom is -0.496 e. The van der Waals surface area contributed by atoms with Gasteiger partial charge in [0.05, 0.1) is 7.11 Å². The second-order valence-corrected chi connectivity index (χ2v) is 6.00. The summed E-state index contributed by atoms with van der Waals surface area (Å²) < 4.78 is 5.36. The number of benzene rings is 3. The number of methoxy groups -OCH3 is 1. The van der Waals surface area contributed by atoms with E-state index in [1.54, 1.807) is 7.11 Å². The Morgan fingerprint density at radius 1 is 1.00 bits per heavy atom. The molecule has 1 atom stereocenters. The Labute approximate surface area is 137 Å². The van der Waals surface area contributed by atoms with Gasteiger partial charge >= 0.3 is 0 Å². The highest BCUT2D eigenvalue weighted by molar-refractivity contribution is 5.85. The quantitative estimate of drug-likeness (QED) is 0.756. The molecule has 3 rings (SSSR count). The smallest absolute Gasteiger partial charge is 0.121 e. The molecule has 0 heterocycles. The van der Waals surface area contributed by atoms with Crippen molar-refractivity contribution < 1.29 is 4.74 Å². The van der Waals surface area contributed by atoms with E-state index in [2.05, 4.69) is 61.5 Å². The zero-order valence-electron chi connectivity index (χ0n) is 13.8. The summed E-state index contributed by atoms with van der Waals surface area (Å²) in [7, 11) is 1.71. The van der Waals surface area contributed by atoms with Crippen LogP contribution in [0.25, 0.3) is 10.8 Å². The van der Waals surface area contributed by atoms with Crippen molar-refractivity contribution in [1.29, 1.82) is 0 Å². The zero-order chi connectivity index (χ0) is 16.2. The van der Waals surface area contributed by atoms with Crippen LogP contribution in [0.15, 0.2) is 60.7 Å². The summed E-state index contributed by atoms with van der Waals surface area (Å²) in [6.45, 7) is 2.71. The maximum atomic E-state index is 6.09. The second-order valence-electron chi connectivity index (χ2n) is 6.00. The van der Waals surface area contributed by atoms with Gasteiger partial charge in [-0.3, -0.25) is 0 Å². The summed E-state index contributed by atoms with van der Waals surface area (Å²) in [6, 6.07) is 21.4. The van der Waals surface area contributed by atoms with Crippen molar-refractivity contribution in [3.8, 4) is 5.75 Å². The molecule has 3 aromatic rings. The van der Waals surface area contributed by atoms with Crippen molar-refractivity contribution in [3.05, 3.63) is 77.4 Å². The molecule has 0 saturated carbocycles. The number of aryl methyl sites for hydroxylation is 1. The van der Waals surface area contributed by atoms with Crippen molar-refractivity contribution in [2.75, 3.05) is 13.7 Å². The topological polar surface area (TPSA) is 35.2 Å². The highest BCUT2D eigenvalue weighted by Gasteiger charge is 2.13. The first-order chi connectivity index (χ1) is 11.2. The molecule has 0 aromatic heterocycles. The molecule has 0 aliphatic heterocycles. The molecule has 0 aliphatic carbocycles. The molecule has 23 heavy (non-hydrogen) atoms. The van der Waals surface area contributed by atoms with Gasteiger partial charge in [0.1, 0.15) is 5.75 Å². The predicted octanol–water partition coefficient (Wildman–Crippen LogP) is 4.44. The summed E-state index contributed by atoms with van der Waals surface area (Å²) >= 11 is 0. The molecule has 2 heteroatoms. The normalized spacial score (nSPS) is 12.3. The maximum Gasteiger partial charge on any atom is 0.121 e. The van der Waals surface area contributed by atoms with E-state index in [0.717, 1.165) is 17.7 Å². The number of rotatable bonds is 5. The van der Waals surface area contributed by atoms with Gasteiger partial charge in [0.25, 0.3) is 0 Å². The Balaban J connectivity index is 1.94. The molecule has 0 radical (unpaired) electrons. The summed E-state index contributed by atoms with van der Waals surface area (Å²) in [5, 5.41) is 2.60. The van der Waals surface area contributed by atoms with E-state index in [9.17, 15) is 0 Å². The van der Waals surface area contributed by atoms with Gasteiger partial charge in [0.2, 0.25) is 0 Å². The van der Waals surface area contributed by atoms with E-state index in [-0.39, 0.29) is 0 Å². The van der Waals surface area contributed by atoms with Crippen LogP contribution in [0, 0.1) is 6.92 Å². The summed E-state index contributed by atoms with van der Waals surface area (Å²) in [5.41, 5.74) is 9.87. The van der Waals surface area contributed by atoms with Gasteiger partial charge in [-0.05, 0) is 53.4 Å². The molecule has 0 fully saturated rings. The zero-order valence-corrected chi connectivity index (χ0v) is 13.8. The van der Waals surface area contributed by atoms with E-state index < -0.39 is 0 Å². The molecular formula is C21H23NO. The largest absolute Gasteiger partial charge is 0.496 e. The van der Waals surface area contributed by atoms with Gasteiger partial charge in [-0.1, -0.05) is 54.6 Å². The molecule has 2 N–H and O–H groups in total. The van der Waals surface area contributed by atoms with Crippen LogP contribution >= 0.6 is 0 Å². The number of ether oxygens (including phenoxy) is 1. The first-order valence-electron chi connectivity index (χ1n) is 8.04. The fraction of sp³-hybridized carbons (Fsp3) is 0.238. The standard InChI is InChI=1S/C21H23NO/c1-15-12-17(10-11-21(15)23-2)19(14-22)13-18-8-5-7-16-6-3-4-9-20(16)18/h3-12,19H,13-14,22H2,1-2H3. The number of hydrogen-bond acceptors (Lipinski definition) is 2. The van der Waals surface area contributed by atoms with Crippen molar-refractivity contribution >= 4 is 10.8 Å². The molecule has 1 unspecified atom stereocenters. The van der Waals surface area contributed by atoms with Crippen molar-refractivity contribution in [3.63, 3.8) is 0 Å². The van der Waals surface area contributed by atoms with Gasteiger partial charge in [-0.15, -0.1) is 0 Å². The van der Waals surface area contributed by atoms with Crippen LogP contribution in [-0.2, 0) is 6.42 Å². The van der Waals surface area contributed by atoms with Gasteiger partial charge in [-0.2, -0.15) is 0 Å². The lowest BCUT2D eigenvalue weighted by Gasteiger charge is -2.18. The molecule has 0 aliphatic rings. The van der Waals surface area contributed by atoms with E-state index in [1.807, 2.05) is 6.07 Å². The van der Waals surface area contributed by atoms with E-state index in [1.165, 1.54) is 21.9 Å². The summed E-state index contributed by atoms with van der Waals surface area (Å²) in [6.07, 6.45) is 0.948. The Kier molecular flexibility index (Phi) is 4.63. The van der Waals surface area contributed by atoms with Crippen LogP contribution in [0.1, 0.15) is 22.6 Å². The van der Waals surface area contributed by atoms with Crippen LogP contribution in [0.4, 0.5) is 0 Å². The molecular weight excluding hydrogens is 282 g/mol. The Hall–Kier alpha value is -2.32. The second kappa shape index (κ2) is 6.84. The highest BCUT2D eigenvalue weighted by atomic mass is 16.5. The number of nitrogens with two attached hydrogens (primary N) is 1. The SMILES string of the molecule is COc1ccc(C(CN)Cc2cccc3ccccc23)cc1C. The molecule has 0 amide bonds. The third-order valence-corrected chi connectivity index (χ3v) is 4.52. The minimum absolute atomic E-state index is 0.311. The molecule has 0 saturated heterocycles. The van der Waals surface area contributed by atoms with Crippen molar-refractivity contribution in [1.82, 2.24) is 0 Å². The predicted molar refractivity (Wildman–Crippen MR) is 97.2 cm³/mol. The van der Waals surface area contributed by atoms with Crippen LogP contribution in [0.5, 0.6) is 5.75 Å². The van der Waals surface area contributed by atoms with Crippen LogP contribution < -0.4 is 10.5 Å². The van der Waals surface area contributed by atoms with E-state index >= 15 is 0 Å². The fourth-order valence-electron chi connectivity index (χ4n) is 3.23. The lowest BCUT2D eigenvalue weighted by atomic mass is 9.89. The Morgan fingerprint density at radius 3 is 2.52 bits per heavy atom. The summed E-state index contributed by atoms with van der Waals surface area (Å²) in [5.74, 6) is 1.24. The first kappa shape index (κ1) is 15.6. The van der Waals surface area contributed by atoms with Crippen molar-refractivity contribution in [2.45, 2.75) is 19.3 Å². The maximum absolute atomic E-state index is 6.09. The molecule has 3 aromatic carbocycles. The number of hydrogen-bond donors (Lipinski definition) is 1. The van der Waals surface area contributed by atoms with Gasteiger partial charge in [-0.25, -0.2) is 0 Å². The average molecular weight is 305 g/mol. The van der Waals surface area contributed by atoms with Gasteiger partial charge in [0.15, 0.2) is 0 Å². The Morgan fingerprint density at radius 2 is 1.78 bits per heavy atom. The van der Waals surface area contributed by atoms with Gasteiger partial charge < -0.3 is 10.5 Å². The first-order valence-corrected chi connectivity index (χ1v) is 8.04. The van der Waals surface area contributed by atoms with Gasteiger partial charge in [0, 0.05) is 5.92 Å². The molecule has 118 valence electrons. The van der Waals surface area contributed by atoms with Crippen LogP contribution in [0.3, 0.4) is 0 Å². The molecule has 0 spiro atoms. The van der Waals surface area contributed by atoms with E-state index in [4.69, 9.17) is 10.5 Å². The third-order valence-electron chi connectivity index (χ3n) is 4.52. The van der Waals surface area contributed by atoms with E-state index in [0.29, 0.717) is 12.5 Å². The Bertz CT molecular complexity index is 805.